The van der Waals surface area contributed by atoms with Crippen LogP contribution in [0.3, 0.4) is 0 Å². The first kappa shape index (κ1) is 17.2. The minimum absolute atomic E-state index is 0.662. The third-order valence-electron chi connectivity index (χ3n) is 5.33. The van der Waals surface area contributed by atoms with E-state index < -0.39 is 0 Å². The smallest absolute Gasteiger partial charge is 0.180 e. The fraction of sp³-hybridized carbons (Fsp3) is 0. The Balaban J connectivity index is 1.67. The molecule has 0 radical (unpaired) electrons. The summed E-state index contributed by atoms with van der Waals surface area (Å²) < 4.78 is 6.17. The van der Waals surface area contributed by atoms with E-state index in [9.17, 15) is 0 Å². The molecule has 6 rings (SSSR count). The third-order valence-corrected chi connectivity index (χ3v) is 5.56. The van der Waals surface area contributed by atoms with E-state index in [4.69, 9.17) is 26.0 Å². The molecule has 0 aliphatic carbocycles. The lowest BCUT2D eigenvalue weighted by Gasteiger charge is -2.07. The minimum Gasteiger partial charge on any atom is -0.452 e. The molecule has 4 heteroatoms. The number of fused-ring (bicyclic) bond motifs is 4. The summed E-state index contributed by atoms with van der Waals surface area (Å²) in [6, 6.07) is 30.1. The lowest BCUT2D eigenvalue weighted by molar-refractivity contribution is 0.667. The summed E-state index contributed by atoms with van der Waals surface area (Å²) in [7, 11) is 0. The van der Waals surface area contributed by atoms with Crippen molar-refractivity contribution in [2.24, 2.45) is 0 Å². The molecule has 0 spiro atoms. The molecule has 3 nitrogen and oxygen atoms in total. The van der Waals surface area contributed by atoms with E-state index in [1.807, 2.05) is 72.8 Å². The first-order valence-electron chi connectivity index (χ1n) is 9.71. The van der Waals surface area contributed by atoms with Crippen molar-refractivity contribution in [2.45, 2.75) is 0 Å². The van der Waals surface area contributed by atoms with E-state index in [-0.39, 0.29) is 0 Å². The molecular formula is C26H15ClN2O. The van der Waals surface area contributed by atoms with Crippen LogP contribution >= 0.6 is 11.6 Å². The van der Waals surface area contributed by atoms with Gasteiger partial charge in [-0.15, -0.1) is 0 Å². The summed E-state index contributed by atoms with van der Waals surface area (Å²) >= 11 is 6.21. The van der Waals surface area contributed by atoms with Crippen LogP contribution in [0.4, 0.5) is 0 Å². The molecule has 0 aliphatic rings. The molecule has 0 fully saturated rings. The van der Waals surface area contributed by atoms with Gasteiger partial charge in [0.2, 0.25) is 0 Å². The van der Waals surface area contributed by atoms with Gasteiger partial charge in [-0.2, -0.15) is 0 Å². The predicted octanol–water partition coefficient (Wildman–Crippen LogP) is 7.52. The van der Waals surface area contributed by atoms with Crippen LogP contribution in [0.2, 0.25) is 5.02 Å². The maximum Gasteiger partial charge on any atom is 0.180 e. The van der Waals surface area contributed by atoms with Gasteiger partial charge in [0, 0.05) is 21.5 Å². The van der Waals surface area contributed by atoms with Crippen molar-refractivity contribution in [1.82, 2.24) is 9.97 Å². The summed E-state index contributed by atoms with van der Waals surface area (Å²) in [5.41, 5.74) is 5.05. The summed E-state index contributed by atoms with van der Waals surface area (Å²) in [6.07, 6.45) is 0. The Labute approximate surface area is 177 Å². The zero-order chi connectivity index (χ0) is 20.1. The molecule has 2 aromatic heterocycles. The number of benzene rings is 4. The molecule has 0 bridgehead atoms. The molecule has 2 heterocycles. The Bertz CT molecular complexity index is 1550. The maximum atomic E-state index is 6.21. The average molecular weight is 407 g/mol. The van der Waals surface area contributed by atoms with Crippen molar-refractivity contribution in [3.8, 4) is 22.6 Å². The van der Waals surface area contributed by atoms with Crippen LogP contribution in [0.15, 0.2) is 95.4 Å². The number of nitrogens with zero attached hydrogens (tertiary/aromatic N) is 2. The fourth-order valence-corrected chi connectivity index (χ4v) is 4.05. The Morgan fingerprint density at radius 2 is 1.47 bits per heavy atom. The van der Waals surface area contributed by atoms with Gasteiger partial charge in [-0.3, -0.25) is 0 Å². The standard InChI is InChI=1S/C26H15ClN2O/c27-20-13-12-16-10-11-18(14-19(16)15-20)26-28-23(17-6-2-1-3-7-17)25-24(29-26)21-8-4-5-9-22(21)30-25/h1-15H. The molecule has 0 saturated heterocycles. The van der Waals surface area contributed by atoms with Gasteiger partial charge in [-0.05, 0) is 41.1 Å². The molecule has 30 heavy (non-hydrogen) atoms. The lowest BCUT2D eigenvalue weighted by Crippen LogP contribution is -1.94. The van der Waals surface area contributed by atoms with E-state index in [0.717, 1.165) is 44.1 Å². The largest absolute Gasteiger partial charge is 0.452 e. The summed E-state index contributed by atoms with van der Waals surface area (Å²) in [5, 5.41) is 3.88. The van der Waals surface area contributed by atoms with Crippen molar-refractivity contribution in [2.75, 3.05) is 0 Å². The number of aromatic nitrogens is 2. The second-order valence-corrected chi connectivity index (χ2v) is 7.68. The number of halogens is 1. The molecular weight excluding hydrogens is 392 g/mol. The van der Waals surface area contributed by atoms with Gasteiger partial charge in [0.1, 0.15) is 16.8 Å². The molecule has 0 atom stereocenters. The quantitative estimate of drug-likeness (QED) is 0.298. The number of hydrogen-bond donors (Lipinski definition) is 0. The van der Waals surface area contributed by atoms with Gasteiger partial charge in [0.25, 0.3) is 0 Å². The minimum atomic E-state index is 0.662. The first-order valence-corrected chi connectivity index (χ1v) is 10.1. The van der Waals surface area contributed by atoms with Gasteiger partial charge in [-0.1, -0.05) is 72.3 Å². The van der Waals surface area contributed by atoms with Gasteiger partial charge in [0.15, 0.2) is 11.4 Å². The summed E-state index contributed by atoms with van der Waals surface area (Å²) in [6.45, 7) is 0. The second-order valence-electron chi connectivity index (χ2n) is 7.24. The van der Waals surface area contributed by atoms with E-state index in [1.165, 1.54) is 0 Å². The van der Waals surface area contributed by atoms with Gasteiger partial charge in [-0.25, -0.2) is 9.97 Å². The molecule has 0 saturated carbocycles. The number of furan rings is 1. The van der Waals surface area contributed by atoms with Crippen molar-refractivity contribution in [3.63, 3.8) is 0 Å². The van der Waals surface area contributed by atoms with Gasteiger partial charge >= 0.3 is 0 Å². The number of rotatable bonds is 2. The van der Waals surface area contributed by atoms with Crippen molar-refractivity contribution < 1.29 is 4.42 Å². The van der Waals surface area contributed by atoms with Crippen LogP contribution in [0.25, 0.3) is 55.5 Å². The molecule has 0 unspecified atom stereocenters. The van der Waals surface area contributed by atoms with Crippen LogP contribution in [-0.4, -0.2) is 9.97 Å². The highest BCUT2D eigenvalue weighted by Gasteiger charge is 2.17. The summed E-state index contributed by atoms with van der Waals surface area (Å²) in [4.78, 5) is 9.84. The van der Waals surface area contributed by atoms with Crippen LogP contribution in [-0.2, 0) is 0 Å². The van der Waals surface area contributed by atoms with Gasteiger partial charge < -0.3 is 4.42 Å². The highest BCUT2D eigenvalue weighted by molar-refractivity contribution is 6.31. The SMILES string of the molecule is Clc1ccc2ccc(-c3nc(-c4ccccc4)c4oc5ccccc5c4n3)cc2c1. The van der Waals surface area contributed by atoms with Crippen LogP contribution in [0.1, 0.15) is 0 Å². The van der Waals surface area contributed by atoms with E-state index >= 15 is 0 Å². The molecule has 6 aromatic rings. The molecule has 0 amide bonds. The Morgan fingerprint density at radius 3 is 2.37 bits per heavy atom. The summed E-state index contributed by atoms with van der Waals surface area (Å²) in [5.74, 6) is 0.662. The Hall–Kier alpha value is -3.69. The van der Waals surface area contributed by atoms with Gasteiger partial charge in [0.05, 0.1) is 0 Å². The third kappa shape index (κ3) is 2.75. The van der Waals surface area contributed by atoms with Crippen molar-refractivity contribution in [1.29, 1.82) is 0 Å². The lowest BCUT2D eigenvalue weighted by atomic mass is 10.1. The zero-order valence-electron chi connectivity index (χ0n) is 15.8. The van der Waals surface area contributed by atoms with Crippen LogP contribution in [0.5, 0.6) is 0 Å². The Morgan fingerprint density at radius 1 is 0.667 bits per heavy atom. The number of para-hydroxylation sites is 1. The van der Waals surface area contributed by atoms with E-state index in [2.05, 4.69) is 18.2 Å². The number of hydrogen-bond acceptors (Lipinski definition) is 3. The average Bonchev–Trinajstić information content (AvgIpc) is 3.17. The highest BCUT2D eigenvalue weighted by Crippen LogP contribution is 2.35. The maximum absolute atomic E-state index is 6.21. The van der Waals surface area contributed by atoms with Crippen molar-refractivity contribution in [3.05, 3.63) is 96.0 Å². The van der Waals surface area contributed by atoms with Crippen molar-refractivity contribution >= 4 is 44.4 Å². The first-order chi connectivity index (χ1) is 14.8. The van der Waals surface area contributed by atoms with E-state index in [1.54, 1.807) is 0 Å². The zero-order valence-corrected chi connectivity index (χ0v) is 16.6. The monoisotopic (exact) mass is 406 g/mol. The highest BCUT2D eigenvalue weighted by atomic mass is 35.5. The predicted molar refractivity (Wildman–Crippen MR) is 123 cm³/mol. The normalized spacial score (nSPS) is 11.5. The second kappa shape index (κ2) is 6.68. The topological polar surface area (TPSA) is 38.9 Å². The molecule has 142 valence electrons. The van der Waals surface area contributed by atoms with E-state index in [0.29, 0.717) is 16.4 Å². The molecule has 0 aliphatic heterocycles. The molecule has 4 aromatic carbocycles. The molecule has 0 N–H and O–H groups in total. The van der Waals surface area contributed by atoms with Crippen LogP contribution < -0.4 is 0 Å². The van der Waals surface area contributed by atoms with Crippen LogP contribution in [0, 0.1) is 0 Å². The fourth-order valence-electron chi connectivity index (χ4n) is 3.87. The Kier molecular flexibility index (Phi) is 3.83.